The lowest BCUT2D eigenvalue weighted by atomic mass is 9.94. The number of hydrogen-bond donors (Lipinski definition) is 1. The molecule has 1 fully saturated rings. The number of fused-ring (bicyclic) bond motifs is 1. The molecule has 0 atom stereocenters. The molecule has 1 aromatic heterocycles. The third-order valence-corrected chi connectivity index (χ3v) is 5.97. The number of likely N-dealkylation sites (tertiary alicyclic amines) is 1. The third-order valence-electron chi connectivity index (χ3n) is 5.97. The zero-order valence-corrected chi connectivity index (χ0v) is 17.4. The normalized spacial score (nSPS) is 14.8. The Morgan fingerprint density at radius 2 is 1.87 bits per heavy atom. The summed E-state index contributed by atoms with van der Waals surface area (Å²) in [5.74, 6) is 1.14. The number of aryl methyl sites for hydroxylation is 2. The van der Waals surface area contributed by atoms with Crippen molar-refractivity contribution in [1.29, 1.82) is 0 Å². The van der Waals surface area contributed by atoms with E-state index in [1.165, 1.54) is 0 Å². The molecule has 1 aliphatic heterocycles. The van der Waals surface area contributed by atoms with Gasteiger partial charge in [0.15, 0.2) is 0 Å². The second-order valence-electron chi connectivity index (χ2n) is 7.91. The van der Waals surface area contributed by atoms with Crippen molar-refractivity contribution in [3.63, 3.8) is 0 Å². The van der Waals surface area contributed by atoms with Crippen molar-refractivity contribution in [3.8, 4) is 0 Å². The zero-order valence-electron chi connectivity index (χ0n) is 17.4. The first-order chi connectivity index (χ1) is 14.6. The molecule has 1 N–H and O–H groups in total. The Morgan fingerprint density at radius 3 is 2.63 bits per heavy atom. The van der Waals surface area contributed by atoms with Crippen LogP contribution in [0.3, 0.4) is 0 Å². The van der Waals surface area contributed by atoms with Crippen molar-refractivity contribution in [3.05, 3.63) is 66.2 Å². The van der Waals surface area contributed by atoms with Gasteiger partial charge in [-0.1, -0.05) is 36.4 Å². The first-order valence-corrected chi connectivity index (χ1v) is 10.7. The summed E-state index contributed by atoms with van der Waals surface area (Å²) >= 11 is 0. The van der Waals surface area contributed by atoms with Crippen LogP contribution in [0.15, 0.2) is 54.9 Å². The molecule has 0 radical (unpaired) electrons. The van der Waals surface area contributed by atoms with Gasteiger partial charge in [-0.15, -0.1) is 0 Å². The second-order valence-corrected chi connectivity index (χ2v) is 7.91. The number of rotatable bonds is 6. The summed E-state index contributed by atoms with van der Waals surface area (Å²) in [6.45, 7) is 4.73. The number of aromatic nitrogens is 2. The van der Waals surface area contributed by atoms with Crippen LogP contribution in [0.2, 0.25) is 0 Å². The number of piperidine rings is 1. The Morgan fingerprint density at radius 1 is 1.10 bits per heavy atom. The largest absolute Gasteiger partial charge is 0.356 e. The van der Waals surface area contributed by atoms with Crippen LogP contribution < -0.4 is 5.32 Å². The molecular weight excluding hydrogens is 376 g/mol. The summed E-state index contributed by atoms with van der Waals surface area (Å²) in [7, 11) is 0. The van der Waals surface area contributed by atoms with Gasteiger partial charge in [-0.2, -0.15) is 0 Å². The molecule has 0 unspecified atom stereocenters. The standard InChI is InChI=1S/C24H28N4O2/c1-18-25-13-17-27(18)14-5-12-26-23(29)20-10-15-28(16-11-20)24(30)22-9-4-7-19-6-2-3-8-21(19)22/h2-4,6-9,13,17,20H,5,10-12,14-16H2,1H3,(H,26,29). The molecule has 2 aromatic carbocycles. The van der Waals surface area contributed by atoms with Crippen molar-refractivity contribution >= 4 is 22.6 Å². The van der Waals surface area contributed by atoms with Gasteiger partial charge in [0.1, 0.15) is 5.82 Å². The SMILES string of the molecule is Cc1nccn1CCCNC(=O)C1CCN(C(=O)c2cccc3ccccc23)CC1. The summed E-state index contributed by atoms with van der Waals surface area (Å²) < 4.78 is 2.09. The van der Waals surface area contributed by atoms with Crippen LogP contribution in [0.1, 0.15) is 35.4 Å². The molecule has 30 heavy (non-hydrogen) atoms. The maximum absolute atomic E-state index is 13.1. The van der Waals surface area contributed by atoms with E-state index in [2.05, 4.69) is 14.9 Å². The molecule has 4 rings (SSSR count). The fourth-order valence-corrected chi connectivity index (χ4v) is 4.17. The maximum atomic E-state index is 13.1. The summed E-state index contributed by atoms with van der Waals surface area (Å²) in [6, 6.07) is 13.8. The van der Waals surface area contributed by atoms with Gasteiger partial charge in [-0.25, -0.2) is 4.98 Å². The Hall–Kier alpha value is -3.15. The van der Waals surface area contributed by atoms with Crippen LogP contribution >= 0.6 is 0 Å². The van der Waals surface area contributed by atoms with Crippen LogP contribution in [0.4, 0.5) is 0 Å². The number of nitrogens with one attached hydrogen (secondary N) is 1. The van der Waals surface area contributed by atoms with E-state index < -0.39 is 0 Å². The van der Waals surface area contributed by atoms with Gasteiger partial charge in [0.2, 0.25) is 5.91 Å². The molecule has 0 spiro atoms. The molecule has 2 heterocycles. The van der Waals surface area contributed by atoms with Gasteiger partial charge >= 0.3 is 0 Å². The lowest BCUT2D eigenvalue weighted by Crippen LogP contribution is -2.43. The number of amides is 2. The summed E-state index contributed by atoms with van der Waals surface area (Å²) in [6.07, 6.45) is 6.05. The molecule has 3 aromatic rings. The highest BCUT2D eigenvalue weighted by Gasteiger charge is 2.28. The first-order valence-electron chi connectivity index (χ1n) is 10.7. The third kappa shape index (κ3) is 4.37. The van der Waals surface area contributed by atoms with Crippen molar-refractivity contribution in [2.75, 3.05) is 19.6 Å². The number of carbonyl (C=O) groups is 2. The van der Waals surface area contributed by atoms with Crippen molar-refractivity contribution in [2.24, 2.45) is 5.92 Å². The lowest BCUT2D eigenvalue weighted by Gasteiger charge is -2.31. The van der Waals surface area contributed by atoms with Crippen LogP contribution in [-0.4, -0.2) is 45.9 Å². The highest BCUT2D eigenvalue weighted by Crippen LogP contribution is 2.23. The summed E-state index contributed by atoms with van der Waals surface area (Å²) in [5, 5.41) is 5.12. The van der Waals surface area contributed by atoms with Gasteiger partial charge in [-0.05, 0) is 43.0 Å². The van der Waals surface area contributed by atoms with Gasteiger partial charge in [-0.3, -0.25) is 9.59 Å². The molecule has 2 amide bonds. The van der Waals surface area contributed by atoms with Crippen molar-refractivity contribution in [1.82, 2.24) is 19.8 Å². The summed E-state index contributed by atoms with van der Waals surface area (Å²) in [5.41, 5.74) is 0.741. The van der Waals surface area contributed by atoms with E-state index >= 15 is 0 Å². The molecule has 1 aliphatic rings. The number of carbonyl (C=O) groups excluding carboxylic acids is 2. The van der Waals surface area contributed by atoms with Crippen LogP contribution in [-0.2, 0) is 11.3 Å². The Kier molecular flexibility index (Phi) is 6.12. The highest BCUT2D eigenvalue weighted by atomic mass is 16.2. The average Bonchev–Trinajstić information content (AvgIpc) is 3.20. The first kappa shape index (κ1) is 20.1. The monoisotopic (exact) mass is 404 g/mol. The van der Waals surface area contributed by atoms with E-state index in [0.717, 1.165) is 35.1 Å². The van der Waals surface area contributed by atoms with E-state index in [1.54, 1.807) is 6.20 Å². The highest BCUT2D eigenvalue weighted by molar-refractivity contribution is 6.07. The molecule has 1 saturated heterocycles. The molecular formula is C24H28N4O2. The van der Waals surface area contributed by atoms with Crippen LogP contribution in [0.5, 0.6) is 0 Å². The van der Waals surface area contributed by atoms with Gasteiger partial charge in [0.05, 0.1) is 0 Å². The summed E-state index contributed by atoms with van der Waals surface area (Å²) in [4.78, 5) is 31.7. The minimum Gasteiger partial charge on any atom is -0.356 e. The number of benzene rings is 2. The Bertz CT molecular complexity index is 1030. The number of hydrogen-bond acceptors (Lipinski definition) is 3. The van der Waals surface area contributed by atoms with Gasteiger partial charge in [0.25, 0.3) is 5.91 Å². The topological polar surface area (TPSA) is 67.2 Å². The zero-order chi connectivity index (χ0) is 20.9. The van der Waals surface area contributed by atoms with Crippen molar-refractivity contribution in [2.45, 2.75) is 32.7 Å². The maximum Gasteiger partial charge on any atom is 0.254 e. The molecule has 0 bridgehead atoms. The van der Waals surface area contributed by atoms with Gasteiger partial charge in [0, 0.05) is 50.1 Å². The molecule has 0 saturated carbocycles. The van der Waals surface area contributed by atoms with E-state index in [0.29, 0.717) is 32.5 Å². The molecule has 156 valence electrons. The van der Waals surface area contributed by atoms with E-state index in [1.807, 2.05) is 60.5 Å². The van der Waals surface area contributed by atoms with Gasteiger partial charge < -0.3 is 14.8 Å². The minimum atomic E-state index is -0.0171. The molecule has 0 aliphatic carbocycles. The Labute approximate surface area is 176 Å². The van der Waals surface area contributed by atoms with E-state index in [4.69, 9.17) is 0 Å². The predicted molar refractivity (Wildman–Crippen MR) is 117 cm³/mol. The second kappa shape index (κ2) is 9.11. The minimum absolute atomic E-state index is 0.0171. The smallest absolute Gasteiger partial charge is 0.254 e. The van der Waals surface area contributed by atoms with E-state index in [9.17, 15) is 9.59 Å². The van der Waals surface area contributed by atoms with Crippen LogP contribution in [0, 0.1) is 12.8 Å². The molecule has 6 heteroatoms. The van der Waals surface area contributed by atoms with Crippen LogP contribution in [0.25, 0.3) is 10.8 Å². The Balaban J connectivity index is 1.26. The van der Waals surface area contributed by atoms with E-state index in [-0.39, 0.29) is 17.7 Å². The predicted octanol–water partition coefficient (Wildman–Crippen LogP) is 3.40. The number of imidazole rings is 1. The number of nitrogens with zero attached hydrogens (tertiary/aromatic N) is 3. The van der Waals surface area contributed by atoms with Crippen molar-refractivity contribution < 1.29 is 9.59 Å². The fourth-order valence-electron chi connectivity index (χ4n) is 4.17. The fraction of sp³-hybridized carbons (Fsp3) is 0.375. The lowest BCUT2D eigenvalue weighted by molar-refractivity contribution is -0.126. The average molecular weight is 405 g/mol. The quantitative estimate of drug-likeness (QED) is 0.641. The molecule has 6 nitrogen and oxygen atoms in total.